The third kappa shape index (κ3) is 31.4. The van der Waals surface area contributed by atoms with Crippen LogP contribution in [-0.2, 0) is 14.4 Å². The van der Waals surface area contributed by atoms with Crippen LogP contribution in [0.1, 0.15) is 226 Å². The first kappa shape index (κ1) is 45.4. The zero-order valence-electron chi connectivity index (χ0n) is 31.7. The number of carbonyl (C=O) groups excluding carboxylic acids is 2. The van der Waals surface area contributed by atoms with Crippen LogP contribution >= 0.6 is 0 Å². The molecule has 6 nitrogen and oxygen atoms in total. The minimum absolute atomic E-state index is 0.0847. The summed E-state index contributed by atoms with van der Waals surface area (Å²) < 4.78 is 0. The smallest absolute Gasteiger partial charge is 0.303 e. The van der Waals surface area contributed by atoms with Gasteiger partial charge in [-0.05, 0) is 25.7 Å². The fraction of sp³-hybridized carbons (Fsp3) is 0.927. The van der Waals surface area contributed by atoms with Crippen molar-refractivity contribution in [3.63, 3.8) is 0 Å². The summed E-state index contributed by atoms with van der Waals surface area (Å²) in [5, 5.41) is 12.3. The van der Waals surface area contributed by atoms with Crippen LogP contribution in [-0.4, -0.2) is 46.9 Å². The second kappa shape index (κ2) is 35.7. The molecule has 0 rings (SSSR count). The highest BCUT2D eigenvalue weighted by Crippen LogP contribution is 2.15. The molecule has 0 aromatic heterocycles. The van der Waals surface area contributed by atoms with E-state index >= 15 is 0 Å². The van der Waals surface area contributed by atoms with Crippen LogP contribution in [0.5, 0.6) is 0 Å². The van der Waals surface area contributed by atoms with Crippen molar-refractivity contribution in [3.8, 4) is 0 Å². The number of unbranched alkanes of at least 4 members (excludes halogenated alkanes) is 26. The number of nitrogens with one attached hydrogen (secondary N) is 1. The van der Waals surface area contributed by atoms with E-state index in [-0.39, 0.29) is 24.7 Å². The summed E-state index contributed by atoms with van der Waals surface area (Å²) in [4.78, 5) is 40.1. The molecule has 2 N–H and O–H groups in total. The highest BCUT2D eigenvalue weighted by atomic mass is 16.4. The van der Waals surface area contributed by atoms with Crippen molar-refractivity contribution in [1.29, 1.82) is 0 Å². The number of carboxylic acids is 1. The van der Waals surface area contributed by atoms with Gasteiger partial charge in [-0.3, -0.25) is 14.4 Å². The summed E-state index contributed by atoms with van der Waals surface area (Å²) in [6, 6.07) is -0.747. The lowest BCUT2D eigenvalue weighted by Gasteiger charge is -2.28. The normalized spacial score (nSPS) is 11.9. The van der Waals surface area contributed by atoms with Gasteiger partial charge in [0, 0.05) is 25.9 Å². The molecule has 0 bridgehead atoms. The molecule has 0 spiro atoms. The van der Waals surface area contributed by atoms with E-state index in [1.165, 1.54) is 141 Å². The van der Waals surface area contributed by atoms with Crippen LogP contribution in [0.4, 0.5) is 0 Å². The van der Waals surface area contributed by atoms with Crippen molar-refractivity contribution in [3.05, 3.63) is 0 Å². The molecule has 0 heterocycles. The largest absolute Gasteiger partial charge is 0.481 e. The van der Waals surface area contributed by atoms with Crippen molar-refractivity contribution in [2.45, 2.75) is 232 Å². The average molecular weight is 665 g/mol. The Morgan fingerprint density at radius 2 is 0.787 bits per heavy atom. The predicted molar refractivity (Wildman–Crippen MR) is 201 cm³/mol. The topological polar surface area (TPSA) is 86.7 Å². The van der Waals surface area contributed by atoms with Crippen LogP contribution in [0.15, 0.2) is 0 Å². The molecule has 0 fully saturated rings. The molecule has 0 saturated heterocycles. The average Bonchev–Trinajstić information content (AvgIpc) is 3.06. The molecule has 0 aliphatic rings. The van der Waals surface area contributed by atoms with Gasteiger partial charge < -0.3 is 15.3 Å². The molecule has 0 aromatic rings. The Bertz CT molecular complexity index is 690. The first-order valence-electron chi connectivity index (χ1n) is 20.8. The molecule has 6 heteroatoms. The monoisotopic (exact) mass is 665 g/mol. The lowest BCUT2D eigenvalue weighted by Crippen LogP contribution is -2.49. The number of hydrogen-bond acceptors (Lipinski definition) is 3. The van der Waals surface area contributed by atoms with Gasteiger partial charge in [-0.1, -0.05) is 188 Å². The third-order valence-electron chi connectivity index (χ3n) is 9.66. The fourth-order valence-electron chi connectivity index (χ4n) is 6.52. The van der Waals surface area contributed by atoms with Gasteiger partial charge in [0.2, 0.25) is 11.8 Å². The minimum Gasteiger partial charge on any atom is -0.481 e. The SMILES string of the molecule is CCCCCCCCCCCCN(CCCCCCCCCCCC)C(=O)[C@H](CCC(=O)O)NC(=O)CCCCCCCCCCC. The molecule has 0 saturated carbocycles. The van der Waals surface area contributed by atoms with E-state index in [1.807, 2.05) is 4.90 Å². The molecule has 1 atom stereocenters. The van der Waals surface area contributed by atoms with Gasteiger partial charge in [-0.25, -0.2) is 0 Å². The maximum atomic E-state index is 13.8. The first-order chi connectivity index (χ1) is 23.0. The van der Waals surface area contributed by atoms with E-state index in [0.717, 1.165) is 44.9 Å². The quantitative estimate of drug-likeness (QED) is 0.0647. The lowest BCUT2D eigenvalue weighted by atomic mass is 10.0. The number of carboxylic acid groups (broad SMARTS) is 1. The van der Waals surface area contributed by atoms with Gasteiger partial charge in [-0.2, -0.15) is 0 Å². The Labute approximate surface area is 292 Å². The van der Waals surface area contributed by atoms with Gasteiger partial charge in [0.05, 0.1) is 0 Å². The van der Waals surface area contributed by atoms with Crippen LogP contribution in [0, 0.1) is 0 Å². The molecule has 0 radical (unpaired) electrons. The molecule has 2 amide bonds. The number of rotatable bonds is 37. The second-order valence-electron chi connectivity index (χ2n) is 14.3. The van der Waals surface area contributed by atoms with Crippen molar-refractivity contribution in [2.75, 3.05) is 13.1 Å². The highest BCUT2D eigenvalue weighted by molar-refractivity contribution is 5.88. The summed E-state index contributed by atoms with van der Waals surface area (Å²) in [6.45, 7) is 8.14. The van der Waals surface area contributed by atoms with Crippen molar-refractivity contribution < 1.29 is 19.5 Å². The van der Waals surface area contributed by atoms with E-state index < -0.39 is 12.0 Å². The number of aliphatic carboxylic acids is 1. The maximum Gasteiger partial charge on any atom is 0.303 e. The summed E-state index contributed by atoms with van der Waals surface area (Å²) in [5.41, 5.74) is 0. The van der Waals surface area contributed by atoms with Gasteiger partial charge >= 0.3 is 5.97 Å². The number of carbonyl (C=O) groups is 3. The lowest BCUT2D eigenvalue weighted by molar-refractivity contribution is -0.139. The van der Waals surface area contributed by atoms with E-state index in [9.17, 15) is 19.5 Å². The molecular formula is C41H80N2O4. The van der Waals surface area contributed by atoms with E-state index in [1.54, 1.807) is 0 Å². The van der Waals surface area contributed by atoms with Gasteiger partial charge in [0.15, 0.2) is 0 Å². The number of nitrogens with zero attached hydrogens (tertiary/aromatic N) is 1. The summed E-state index contributed by atoms with van der Waals surface area (Å²) >= 11 is 0. The van der Waals surface area contributed by atoms with Crippen LogP contribution in [0.3, 0.4) is 0 Å². The zero-order chi connectivity index (χ0) is 34.6. The van der Waals surface area contributed by atoms with Crippen LogP contribution < -0.4 is 5.32 Å². The van der Waals surface area contributed by atoms with Crippen LogP contribution in [0.2, 0.25) is 0 Å². The Morgan fingerprint density at radius 1 is 0.468 bits per heavy atom. The standard InChI is InChI=1S/C41H80N2O4/c1-4-7-10-13-16-19-22-25-28-31-36-43(37-32-29-26-23-20-17-14-11-8-5-2)41(47)38(34-35-40(45)46)42-39(44)33-30-27-24-21-18-15-12-9-6-3/h38H,4-37H2,1-3H3,(H,42,44)(H,45,46)/t38-/m0/s1. The highest BCUT2D eigenvalue weighted by Gasteiger charge is 2.26. The predicted octanol–water partition coefficient (Wildman–Crippen LogP) is 11.9. The van der Waals surface area contributed by atoms with Crippen molar-refractivity contribution in [2.24, 2.45) is 0 Å². The van der Waals surface area contributed by atoms with E-state index in [4.69, 9.17) is 0 Å². The Morgan fingerprint density at radius 3 is 1.13 bits per heavy atom. The second-order valence-corrected chi connectivity index (χ2v) is 14.3. The number of amides is 2. The van der Waals surface area contributed by atoms with E-state index in [2.05, 4.69) is 26.1 Å². The first-order valence-corrected chi connectivity index (χ1v) is 20.8. The molecule has 278 valence electrons. The Kier molecular flexibility index (Phi) is 34.5. The summed E-state index contributed by atoms with van der Waals surface area (Å²) in [6.07, 6.45) is 36.1. The van der Waals surface area contributed by atoms with Crippen LogP contribution in [0.25, 0.3) is 0 Å². The molecule has 0 aliphatic heterocycles. The van der Waals surface area contributed by atoms with Gasteiger partial charge in [0.25, 0.3) is 0 Å². The Hall–Kier alpha value is -1.59. The molecule has 0 aromatic carbocycles. The fourth-order valence-corrected chi connectivity index (χ4v) is 6.52. The van der Waals surface area contributed by atoms with Gasteiger partial charge in [-0.15, -0.1) is 0 Å². The van der Waals surface area contributed by atoms with Crippen molar-refractivity contribution >= 4 is 17.8 Å². The zero-order valence-corrected chi connectivity index (χ0v) is 31.7. The summed E-state index contributed by atoms with van der Waals surface area (Å²) in [7, 11) is 0. The van der Waals surface area contributed by atoms with E-state index in [0.29, 0.717) is 19.5 Å². The van der Waals surface area contributed by atoms with Crippen molar-refractivity contribution in [1.82, 2.24) is 10.2 Å². The number of hydrogen-bond donors (Lipinski definition) is 2. The Balaban J connectivity index is 4.84. The minimum atomic E-state index is -0.924. The summed E-state index contributed by atoms with van der Waals surface area (Å²) in [5.74, 6) is -1.13. The molecule has 47 heavy (non-hydrogen) atoms. The maximum absolute atomic E-state index is 13.8. The molecule has 0 aliphatic carbocycles. The molecule has 0 unspecified atom stereocenters. The molecular weight excluding hydrogens is 584 g/mol. The van der Waals surface area contributed by atoms with Gasteiger partial charge in [0.1, 0.15) is 6.04 Å². The third-order valence-corrected chi connectivity index (χ3v) is 9.66.